The molecule has 0 radical (unpaired) electrons. The minimum absolute atomic E-state index is 0.127. The summed E-state index contributed by atoms with van der Waals surface area (Å²) in [7, 11) is 0.140. The molecular weight excluding hydrogens is 603 g/mol. The number of benzene rings is 2. The lowest BCUT2D eigenvalue weighted by Crippen LogP contribution is -2.40. The lowest BCUT2D eigenvalue weighted by molar-refractivity contribution is 0.100. The summed E-state index contributed by atoms with van der Waals surface area (Å²) in [5, 5.41) is 6.15. The first-order chi connectivity index (χ1) is 21.6. The molecule has 45 heavy (non-hydrogen) atoms. The Balaban J connectivity index is 1.30. The van der Waals surface area contributed by atoms with E-state index >= 15 is 4.39 Å². The summed E-state index contributed by atoms with van der Waals surface area (Å²) >= 11 is 0. The molecule has 14 heteroatoms. The van der Waals surface area contributed by atoms with Gasteiger partial charge in [-0.3, -0.25) is 0 Å². The number of halogens is 1. The molecule has 0 unspecified atom stereocenters. The SMILES string of the molecule is CCNc1nc(-c2cc(OC)cc(OC)c2)c(-c2ccnc(Nc3ccc(OC4CCN(CCS(C)(=O)=O)CC4)c(F)c3)n2)o1. The van der Waals surface area contributed by atoms with Crippen molar-refractivity contribution in [3.05, 3.63) is 54.5 Å². The van der Waals surface area contributed by atoms with Crippen molar-refractivity contribution in [1.29, 1.82) is 0 Å². The lowest BCUT2D eigenvalue weighted by Gasteiger charge is -2.32. The molecule has 0 amide bonds. The molecule has 240 valence electrons. The van der Waals surface area contributed by atoms with Gasteiger partial charge in [0.25, 0.3) is 6.01 Å². The van der Waals surface area contributed by atoms with Gasteiger partial charge < -0.3 is 34.2 Å². The first-order valence-electron chi connectivity index (χ1n) is 14.6. The molecule has 5 rings (SSSR count). The zero-order valence-corrected chi connectivity index (χ0v) is 26.5. The molecule has 0 aliphatic carbocycles. The quantitative estimate of drug-likeness (QED) is 0.203. The van der Waals surface area contributed by atoms with Crippen LogP contribution in [0.3, 0.4) is 0 Å². The van der Waals surface area contributed by atoms with Crippen molar-refractivity contribution >= 4 is 27.5 Å². The highest BCUT2D eigenvalue weighted by molar-refractivity contribution is 7.90. The monoisotopic (exact) mass is 640 g/mol. The van der Waals surface area contributed by atoms with E-state index in [1.807, 2.05) is 19.1 Å². The lowest BCUT2D eigenvalue weighted by atomic mass is 10.1. The fourth-order valence-corrected chi connectivity index (χ4v) is 5.52. The number of rotatable bonds is 13. The maximum absolute atomic E-state index is 15.1. The number of oxazole rings is 1. The molecule has 1 aliphatic rings. The Morgan fingerprint density at radius 2 is 1.78 bits per heavy atom. The van der Waals surface area contributed by atoms with Gasteiger partial charge in [0.1, 0.15) is 38.8 Å². The van der Waals surface area contributed by atoms with Gasteiger partial charge in [0.2, 0.25) is 5.95 Å². The number of hydrogen-bond donors (Lipinski definition) is 2. The van der Waals surface area contributed by atoms with E-state index < -0.39 is 15.7 Å². The summed E-state index contributed by atoms with van der Waals surface area (Å²) < 4.78 is 60.9. The fraction of sp³-hybridized carbons (Fsp3) is 0.387. The average Bonchev–Trinajstić information content (AvgIpc) is 3.46. The summed E-state index contributed by atoms with van der Waals surface area (Å²) in [5.41, 5.74) is 2.14. The first-order valence-corrected chi connectivity index (χ1v) is 16.6. The van der Waals surface area contributed by atoms with Crippen LogP contribution >= 0.6 is 0 Å². The molecule has 0 atom stereocenters. The zero-order valence-electron chi connectivity index (χ0n) is 25.7. The van der Waals surface area contributed by atoms with Gasteiger partial charge in [-0.2, -0.15) is 4.98 Å². The molecule has 1 fully saturated rings. The molecule has 1 aliphatic heterocycles. The molecule has 12 nitrogen and oxygen atoms in total. The smallest absolute Gasteiger partial charge is 0.295 e. The Hall–Kier alpha value is -4.43. The van der Waals surface area contributed by atoms with E-state index in [1.165, 1.54) is 12.3 Å². The van der Waals surface area contributed by atoms with Crippen molar-refractivity contribution in [3.63, 3.8) is 0 Å². The van der Waals surface area contributed by atoms with Crippen molar-refractivity contribution in [2.24, 2.45) is 0 Å². The highest BCUT2D eigenvalue weighted by Gasteiger charge is 2.23. The second-order valence-corrected chi connectivity index (χ2v) is 12.9. The predicted octanol–water partition coefficient (Wildman–Crippen LogP) is 5.02. The van der Waals surface area contributed by atoms with Crippen molar-refractivity contribution in [3.8, 4) is 40.0 Å². The second-order valence-electron chi connectivity index (χ2n) is 10.7. The predicted molar refractivity (Wildman–Crippen MR) is 170 cm³/mol. The number of anilines is 3. The number of ether oxygens (including phenoxy) is 3. The Kier molecular flexibility index (Phi) is 10.0. The highest BCUT2D eigenvalue weighted by Crippen LogP contribution is 2.37. The van der Waals surface area contributed by atoms with Crippen LogP contribution in [-0.4, -0.2) is 86.8 Å². The molecule has 1 saturated heterocycles. The van der Waals surface area contributed by atoms with Gasteiger partial charge in [-0.15, -0.1) is 0 Å². The topological polar surface area (TPSA) is 141 Å². The number of aromatic nitrogens is 3. The van der Waals surface area contributed by atoms with Gasteiger partial charge in [0.15, 0.2) is 17.3 Å². The van der Waals surface area contributed by atoms with Crippen LogP contribution in [-0.2, 0) is 9.84 Å². The Morgan fingerprint density at radius 3 is 2.42 bits per heavy atom. The summed E-state index contributed by atoms with van der Waals surface area (Å²) in [6.45, 7) is 4.43. The van der Waals surface area contributed by atoms with Crippen LogP contribution in [0.1, 0.15) is 19.8 Å². The summed E-state index contributed by atoms with van der Waals surface area (Å²) in [6, 6.07) is 12.1. The van der Waals surface area contributed by atoms with Gasteiger partial charge in [-0.05, 0) is 50.1 Å². The van der Waals surface area contributed by atoms with E-state index in [1.54, 1.807) is 44.7 Å². The van der Waals surface area contributed by atoms with Gasteiger partial charge >= 0.3 is 0 Å². The Bertz CT molecular complexity index is 1700. The van der Waals surface area contributed by atoms with Gasteiger partial charge in [-0.1, -0.05) is 0 Å². The van der Waals surface area contributed by atoms with Gasteiger partial charge in [0, 0.05) is 62.0 Å². The summed E-state index contributed by atoms with van der Waals surface area (Å²) in [5.74, 6) is 1.59. The van der Waals surface area contributed by atoms with Crippen molar-refractivity contribution in [2.45, 2.75) is 25.9 Å². The zero-order chi connectivity index (χ0) is 32.0. The van der Waals surface area contributed by atoms with Crippen LogP contribution in [0.2, 0.25) is 0 Å². The molecule has 0 spiro atoms. The normalized spacial score (nSPS) is 14.2. The van der Waals surface area contributed by atoms with Crippen LogP contribution in [0, 0.1) is 5.82 Å². The second kappa shape index (κ2) is 14.1. The maximum atomic E-state index is 15.1. The Labute approximate surface area is 261 Å². The van der Waals surface area contributed by atoms with E-state index in [4.69, 9.17) is 18.6 Å². The molecule has 4 aromatic rings. The van der Waals surface area contributed by atoms with Crippen LogP contribution in [0.15, 0.2) is 53.1 Å². The highest BCUT2D eigenvalue weighted by atomic mass is 32.2. The number of sulfone groups is 1. The van der Waals surface area contributed by atoms with Crippen molar-refractivity contribution in [1.82, 2.24) is 19.9 Å². The van der Waals surface area contributed by atoms with E-state index in [9.17, 15) is 8.42 Å². The van der Waals surface area contributed by atoms with Crippen LogP contribution < -0.4 is 24.8 Å². The molecule has 2 N–H and O–H groups in total. The molecule has 2 aromatic carbocycles. The summed E-state index contributed by atoms with van der Waals surface area (Å²) in [4.78, 5) is 15.7. The first kappa shape index (κ1) is 32.0. The third-order valence-electron chi connectivity index (χ3n) is 7.26. The molecule has 0 bridgehead atoms. The number of nitrogens with zero attached hydrogens (tertiary/aromatic N) is 4. The molecule has 2 aromatic heterocycles. The van der Waals surface area contributed by atoms with Gasteiger partial charge in [-0.25, -0.2) is 22.8 Å². The van der Waals surface area contributed by atoms with E-state index in [0.29, 0.717) is 84.9 Å². The van der Waals surface area contributed by atoms with Crippen LogP contribution in [0.4, 0.5) is 22.0 Å². The number of nitrogens with one attached hydrogen (secondary N) is 2. The number of piperidine rings is 1. The van der Waals surface area contributed by atoms with E-state index in [-0.39, 0.29) is 23.6 Å². The molecule has 3 heterocycles. The third-order valence-corrected chi connectivity index (χ3v) is 8.19. The van der Waals surface area contributed by atoms with Crippen LogP contribution in [0.5, 0.6) is 17.2 Å². The third kappa shape index (κ3) is 8.39. The average molecular weight is 641 g/mol. The number of hydrogen-bond acceptors (Lipinski definition) is 12. The molecule has 0 saturated carbocycles. The number of likely N-dealkylation sites (tertiary alicyclic amines) is 1. The van der Waals surface area contributed by atoms with Crippen molar-refractivity contribution < 1.29 is 31.4 Å². The molecular formula is C31H37FN6O6S. The standard InChI is InChI=1S/C31H37FN6O6S/c1-5-33-31-37-28(20-16-23(41-2)19-24(17-20)42-3)29(44-31)26-8-11-34-30(36-26)35-21-6-7-27(25(32)18-21)43-22-9-12-38(13-10-22)14-15-45(4,39)40/h6-8,11,16-19,22H,5,9-10,12-15H2,1-4H3,(H,33,37)(H,34,35,36). The maximum Gasteiger partial charge on any atom is 0.295 e. The van der Waals surface area contributed by atoms with Gasteiger partial charge in [0.05, 0.1) is 20.0 Å². The summed E-state index contributed by atoms with van der Waals surface area (Å²) in [6.07, 6.45) is 4.03. The minimum atomic E-state index is -3.01. The minimum Gasteiger partial charge on any atom is -0.497 e. The largest absolute Gasteiger partial charge is 0.497 e. The van der Waals surface area contributed by atoms with Crippen molar-refractivity contribution in [2.75, 3.05) is 63.0 Å². The van der Waals surface area contributed by atoms with E-state index in [2.05, 4.69) is 30.5 Å². The van der Waals surface area contributed by atoms with Crippen LogP contribution in [0.25, 0.3) is 22.7 Å². The number of methoxy groups -OCH3 is 2. The fourth-order valence-electron chi connectivity index (χ4n) is 4.93. The Morgan fingerprint density at radius 1 is 1.04 bits per heavy atom. The van der Waals surface area contributed by atoms with E-state index in [0.717, 1.165) is 0 Å².